The summed E-state index contributed by atoms with van der Waals surface area (Å²) in [5.41, 5.74) is -0.786. The van der Waals surface area contributed by atoms with Crippen molar-refractivity contribution < 1.29 is 14.6 Å². The minimum Gasteiger partial charge on any atom is -0.393 e. The van der Waals surface area contributed by atoms with Crippen LogP contribution in [0.25, 0.3) is 0 Å². The van der Waals surface area contributed by atoms with Gasteiger partial charge in [-0.05, 0) is 13.8 Å². The van der Waals surface area contributed by atoms with E-state index in [-0.39, 0.29) is 19.0 Å². The number of carbonyl (C=O) groups is 1. The lowest BCUT2D eigenvalue weighted by Gasteiger charge is -2.22. The van der Waals surface area contributed by atoms with Gasteiger partial charge < -0.3 is 9.84 Å². The molecule has 0 unspecified atom stereocenters. The standard InChI is InChI=1S/C8H14O3/c1-4-8(3,6-9)11-5-7(2)10/h4,9H,1,5-6H2,2-3H3/t8-/m1/s1. The molecule has 0 aliphatic carbocycles. The lowest BCUT2D eigenvalue weighted by atomic mass is 10.1. The average Bonchev–Trinajstić information content (AvgIpc) is 2.00. The van der Waals surface area contributed by atoms with Crippen molar-refractivity contribution in [3.63, 3.8) is 0 Å². The van der Waals surface area contributed by atoms with Crippen LogP contribution >= 0.6 is 0 Å². The van der Waals surface area contributed by atoms with Gasteiger partial charge in [-0.2, -0.15) is 0 Å². The van der Waals surface area contributed by atoms with Gasteiger partial charge >= 0.3 is 0 Å². The van der Waals surface area contributed by atoms with Gasteiger partial charge in [-0.15, -0.1) is 6.58 Å². The number of hydrogen-bond donors (Lipinski definition) is 1. The number of hydrogen-bond acceptors (Lipinski definition) is 3. The van der Waals surface area contributed by atoms with Crippen molar-refractivity contribution in [3.05, 3.63) is 12.7 Å². The first-order valence-corrected chi connectivity index (χ1v) is 3.42. The van der Waals surface area contributed by atoms with Gasteiger partial charge in [0.2, 0.25) is 0 Å². The van der Waals surface area contributed by atoms with E-state index in [1.165, 1.54) is 13.0 Å². The molecular formula is C8H14O3. The second-order valence-electron chi connectivity index (χ2n) is 2.67. The fourth-order valence-corrected chi connectivity index (χ4v) is 0.436. The third kappa shape index (κ3) is 3.91. The Bertz CT molecular complexity index is 153. The van der Waals surface area contributed by atoms with Crippen molar-refractivity contribution in [2.45, 2.75) is 19.4 Å². The van der Waals surface area contributed by atoms with Gasteiger partial charge in [0, 0.05) is 0 Å². The molecule has 0 saturated heterocycles. The lowest BCUT2D eigenvalue weighted by Crippen LogP contribution is -2.32. The molecule has 64 valence electrons. The van der Waals surface area contributed by atoms with Crippen molar-refractivity contribution in [1.29, 1.82) is 0 Å². The first-order valence-electron chi connectivity index (χ1n) is 3.42. The maximum Gasteiger partial charge on any atom is 0.155 e. The molecule has 0 spiro atoms. The molecule has 0 aromatic carbocycles. The highest BCUT2D eigenvalue weighted by molar-refractivity contribution is 5.76. The number of aliphatic hydroxyl groups is 1. The maximum absolute atomic E-state index is 10.5. The summed E-state index contributed by atoms with van der Waals surface area (Å²) in [5, 5.41) is 8.79. The Morgan fingerprint density at radius 1 is 1.82 bits per heavy atom. The van der Waals surface area contributed by atoms with Crippen molar-refractivity contribution in [3.8, 4) is 0 Å². The van der Waals surface area contributed by atoms with E-state index < -0.39 is 5.60 Å². The van der Waals surface area contributed by atoms with E-state index in [2.05, 4.69) is 6.58 Å². The van der Waals surface area contributed by atoms with Gasteiger partial charge in [-0.25, -0.2) is 0 Å². The van der Waals surface area contributed by atoms with Gasteiger partial charge in [0.25, 0.3) is 0 Å². The van der Waals surface area contributed by atoms with Crippen LogP contribution in [0.5, 0.6) is 0 Å². The number of carbonyl (C=O) groups excluding carboxylic acids is 1. The number of ketones is 1. The molecule has 0 fully saturated rings. The molecule has 0 heterocycles. The highest BCUT2D eigenvalue weighted by atomic mass is 16.5. The maximum atomic E-state index is 10.5. The Kier molecular flexibility index (Phi) is 4.00. The molecule has 0 aromatic heterocycles. The summed E-state index contributed by atoms with van der Waals surface area (Å²) in [4.78, 5) is 10.5. The highest BCUT2D eigenvalue weighted by Gasteiger charge is 2.19. The Morgan fingerprint density at radius 2 is 2.36 bits per heavy atom. The smallest absolute Gasteiger partial charge is 0.155 e. The van der Waals surface area contributed by atoms with Crippen LogP contribution in [-0.4, -0.2) is 29.7 Å². The van der Waals surface area contributed by atoms with Crippen molar-refractivity contribution in [2.75, 3.05) is 13.2 Å². The molecule has 3 heteroatoms. The molecular weight excluding hydrogens is 144 g/mol. The summed E-state index contributed by atoms with van der Waals surface area (Å²) in [6, 6.07) is 0. The fraction of sp³-hybridized carbons (Fsp3) is 0.625. The molecule has 0 aliphatic heterocycles. The third-order valence-electron chi connectivity index (χ3n) is 1.35. The first-order chi connectivity index (χ1) is 5.04. The van der Waals surface area contributed by atoms with Gasteiger partial charge in [-0.3, -0.25) is 4.79 Å². The molecule has 0 amide bonds. The highest BCUT2D eigenvalue weighted by Crippen LogP contribution is 2.09. The molecule has 0 radical (unpaired) electrons. The Labute approximate surface area is 66.7 Å². The van der Waals surface area contributed by atoms with Crippen LogP contribution in [0.3, 0.4) is 0 Å². The van der Waals surface area contributed by atoms with Gasteiger partial charge in [-0.1, -0.05) is 6.08 Å². The summed E-state index contributed by atoms with van der Waals surface area (Å²) in [5.74, 6) is -0.0634. The molecule has 1 atom stereocenters. The fourth-order valence-electron chi connectivity index (χ4n) is 0.436. The van der Waals surface area contributed by atoms with Crippen LogP contribution in [0.15, 0.2) is 12.7 Å². The molecule has 0 aliphatic rings. The SMILES string of the molecule is C=C[C@](C)(CO)OCC(C)=O. The summed E-state index contributed by atoms with van der Waals surface area (Å²) in [7, 11) is 0. The number of rotatable bonds is 5. The zero-order valence-electron chi connectivity index (χ0n) is 6.96. The molecule has 0 bridgehead atoms. The molecule has 0 saturated carbocycles. The van der Waals surface area contributed by atoms with E-state index in [4.69, 9.17) is 9.84 Å². The predicted octanol–water partition coefficient (Wildman–Crippen LogP) is 0.529. The molecule has 0 rings (SSSR count). The normalized spacial score (nSPS) is 15.5. The second kappa shape index (κ2) is 4.26. The van der Waals surface area contributed by atoms with Gasteiger partial charge in [0.15, 0.2) is 5.78 Å². The minimum atomic E-state index is -0.786. The van der Waals surface area contributed by atoms with Crippen LogP contribution in [0.1, 0.15) is 13.8 Å². The third-order valence-corrected chi connectivity index (χ3v) is 1.35. The van der Waals surface area contributed by atoms with E-state index in [1.54, 1.807) is 6.92 Å². The van der Waals surface area contributed by atoms with Crippen LogP contribution in [0.4, 0.5) is 0 Å². The van der Waals surface area contributed by atoms with Crippen LogP contribution < -0.4 is 0 Å². The van der Waals surface area contributed by atoms with Gasteiger partial charge in [0.05, 0.1) is 6.61 Å². The number of ether oxygens (including phenoxy) is 1. The summed E-state index contributed by atoms with van der Waals surface area (Å²) in [6.07, 6.45) is 1.48. The average molecular weight is 158 g/mol. The summed E-state index contributed by atoms with van der Waals surface area (Å²) < 4.78 is 5.07. The van der Waals surface area contributed by atoms with Crippen molar-refractivity contribution >= 4 is 5.78 Å². The zero-order valence-corrected chi connectivity index (χ0v) is 6.96. The quantitative estimate of drug-likeness (QED) is 0.594. The minimum absolute atomic E-state index is 0.0169. The first kappa shape index (κ1) is 10.3. The number of Topliss-reactive ketones (excluding diaryl/α,β-unsaturated/α-hetero) is 1. The van der Waals surface area contributed by atoms with E-state index in [0.717, 1.165) is 0 Å². The lowest BCUT2D eigenvalue weighted by molar-refractivity contribution is -0.127. The Balaban J connectivity index is 3.87. The molecule has 0 aromatic rings. The summed E-state index contributed by atoms with van der Waals surface area (Å²) in [6.45, 7) is 6.44. The Morgan fingerprint density at radius 3 is 2.64 bits per heavy atom. The van der Waals surface area contributed by atoms with E-state index >= 15 is 0 Å². The summed E-state index contributed by atoms with van der Waals surface area (Å²) >= 11 is 0. The van der Waals surface area contributed by atoms with Crippen molar-refractivity contribution in [2.24, 2.45) is 0 Å². The largest absolute Gasteiger partial charge is 0.393 e. The predicted molar refractivity (Wildman–Crippen MR) is 42.3 cm³/mol. The number of aliphatic hydroxyl groups excluding tert-OH is 1. The van der Waals surface area contributed by atoms with Crippen LogP contribution in [0, 0.1) is 0 Å². The molecule has 3 nitrogen and oxygen atoms in total. The monoisotopic (exact) mass is 158 g/mol. The van der Waals surface area contributed by atoms with Crippen LogP contribution in [-0.2, 0) is 9.53 Å². The molecule has 1 N–H and O–H groups in total. The van der Waals surface area contributed by atoms with E-state index in [1.807, 2.05) is 0 Å². The second-order valence-corrected chi connectivity index (χ2v) is 2.67. The topological polar surface area (TPSA) is 46.5 Å². The van der Waals surface area contributed by atoms with Gasteiger partial charge in [0.1, 0.15) is 12.2 Å². The van der Waals surface area contributed by atoms with E-state index in [9.17, 15) is 4.79 Å². The Hall–Kier alpha value is -0.670. The van der Waals surface area contributed by atoms with Crippen molar-refractivity contribution in [1.82, 2.24) is 0 Å². The van der Waals surface area contributed by atoms with Crippen LogP contribution in [0.2, 0.25) is 0 Å². The molecule has 11 heavy (non-hydrogen) atoms. The zero-order chi connectivity index (χ0) is 8.91. The van der Waals surface area contributed by atoms with E-state index in [0.29, 0.717) is 0 Å².